The zero-order chi connectivity index (χ0) is 19.8. The first-order chi connectivity index (χ1) is 14.2. The molecule has 2 heterocycles. The Kier molecular flexibility index (Phi) is 4.18. The number of nitriles is 1. The van der Waals surface area contributed by atoms with Crippen LogP contribution in [0.15, 0.2) is 71.8 Å². The molecule has 4 aromatic rings. The van der Waals surface area contributed by atoms with E-state index in [1.54, 1.807) is 29.1 Å². The lowest BCUT2D eigenvalue weighted by atomic mass is 10.0. The topological polar surface area (TPSA) is 71.6 Å². The number of fused-ring (bicyclic) bond motifs is 1. The van der Waals surface area contributed by atoms with Crippen LogP contribution in [0.2, 0.25) is 0 Å². The number of hydrogen-bond acceptors (Lipinski definition) is 4. The third kappa shape index (κ3) is 3.30. The summed E-state index contributed by atoms with van der Waals surface area (Å²) < 4.78 is 1.81. The fourth-order valence-corrected chi connectivity index (χ4v) is 3.64. The average molecular weight is 378 g/mol. The van der Waals surface area contributed by atoms with Crippen molar-refractivity contribution < 1.29 is 0 Å². The molecule has 1 saturated carbocycles. The van der Waals surface area contributed by atoms with Crippen molar-refractivity contribution in [2.24, 2.45) is 0 Å². The molecule has 1 aliphatic rings. The Bertz CT molecular complexity index is 1300. The summed E-state index contributed by atoms with van der Waals surface area (Å²) in [5, 5.41) is 9.61. The molecule has 29 heavy (non-hydrogen) atoms. The number of pyridine rings is 1. The Labute approximate surface area is 167 Å². The summed E-state index contributed by atoms with van der Waals surface area (Å²) in [7, 11) is 0. The van der Waals surface area contributed by atoms with Crippen LogP contribution >= 0.6 is 0 Å². The Morgan fingerprint density at radius 1 is 1.07 bits per heavy atom. The Morgan fingerprint density at radius 3 is 2.55 bits per heavy atom. The fraction of sp³-hybridized carbons (Fsp3) is 0.167. The highest BCUT2D eigenvalue weighted by molar-refractivity contribution is 5.84. The molecule has 0 atom stereocenters. The molecule has 0 radical (unpaired) electrons. The highest BCUT2D eigenvalue weighted by atomic mass is 16.1. The smallest absolute Gasteiger partial charge is 0.261 e. The van der Waals surface area contributed by atoms with Crippen LogP contribution in [0.3, 0.4) is 0 Å². The van der Waals surface area contributed by atoms with Gasteiger partial charge in [0, 0.05) is 18.3 Å². The average Bonchev–Trinajstić information content (AvgIpc) is 3.61. The van der Waals surface area contributed by atoms with E-state index in [9.17, 15) is 4.79 Å². The van der Waals surface area contributed by atoms with Crippen LogP contribution in [-0.4, -0.2) is 14.5 Å². The van der Waals surface area contributed by atoms with Gasteiger partial charge in [0.05, 0.1) is 29.1 Å². The second kappa shape index (κ2) is 6.99. The Hall–Kier alpha value is -3.78. The molecule has 5 heteroatoms. The van der Waals surface area contributed by atoms with Gasteiger partial charge >= 0.3 is 0 Å². The third-order valence-electron chi connectivity index (χ3n) is 5.34. The van der Waals surface area contributed by atoms with Gasteiger partial charge in [0.25, 0.3) is 5.56 Å². The van der Waals surface area contributed by atoms with E-state index in [0.717, 1.165) is 40.9 Å². The molecule has 0 bridgehead atoms. The van der Waals surface area contributed by atoms with E-state index in [1.165, 1.54) is 0 Å². The van der Waals surface area contributed by atoms with Gasteiger partial charge in [0.2, 0.25) is 0 Å². The summed E-state index contributed by atoms with van der Waals surface area (Å²) in [5.74, 6) is 1.24. The molecule has 0 saturated heterocycles. The first-order valence-electron chi connectivity index (χ1n) is 9.67. The van der Waals surface area contributed by atoms with Crippen molar-refractivity contribution in [3.8, 4) is 17.2 Å². The predicted octanol–water partition coefficient (Wildman–Crippen LogP) is 4.26. The predicted molar refractivity (Wildman–Crippen MR) is 111 cm³/mol. The van der Waals surface area contributed by atoms with Crippen LogP contribution in [-0.2, 0) is 6.54 Å². The van der Waals surface area contributed by atoms with Gasteiger partial charge in [-0.15, -0.1) is 0 Å². The molecule has 0 N–H and O–H groups in total. The van der Waals surface area contributed by atoms with Crippen molar-refractivity contribution in [2.75, 3.05) is 0 Å². The minimum atomic E-state index is -0.0174. The zero-order valence-electron chi connectivity index (χ0n) is 15.7. The molecule has 0 aliphatic heterocycles. The van der Waals surface area contributed by atoms with Gasteiger partial charge in [-0.1, -0.05) is 24.3 Å². The second-order valence-electron chi connectivity index (χ2n) is 7.42. The van der Waals surface area contributed by atoms with E-state index in [0.29, 0.717) is 23.4 Å². The summed E-state index contributed by atoms with van der Waals surface area (Å²) in [4.78, 5) is 22.5. The van der Waals surface area contributed by atoms with E-state index >= 15 is 0 Å². The largest absolute Gasteiger partial charge is 0.291 e. The van der Waals surface area contributed by atoms with Gasteiger partial charge in [-0.25, -0.2) is 4.98 Å². The van der Waals surface area contributed by atoms with Crippen molar-refractivity contribution in [1.29, 1.82) is 5.26 Å². The molecule has 2 aromatic carbocycles. The molecule has 5 rings (SSSR count). The van der Waals surface area contributed by atoms with E-state index < -0.39 is 0 Å². The highest BCUT2D eigenvalue weighted by Crippen LogP contribution is 2.39. The molecular weight excluding hydrogens is 360 g/mol. The molecule has 1 fully saturated rings. The second-order valence-corrected chi connectivity index (χ2v) is 7.42. The quantitative estimate of drug-likeness (QED) is 0.532. The van der Waals surface area contributed by atoms with E-state index in [4.69, 9.17) is 10.2 Å². The van der Waals surface area contributed by atoms with E-state index in [1.807, 2.05) is 42.5 Å². The SMILES string of the molecule is N#Cc1ccc(-c2ccc3nc(C4CC4)n(Cc4cccnc4)c(=O)c3c2)cc1. The third-order valence-corrected chi connectivity index (χ3v) is 5.34. The van der Waals surface area contributed by atoms with Crippen molar-refractivity contribution in [3.05, 3.63) is 94.3 Å². The fourth-order valence-electron chi connectivity index (χ4n) is 3.64. The van der Waals surface area contributed by atoms with Crippen LogP contribution < -0.4 is 5.56 Å². The Morgan fingerprint density at radius 2 is 1.86 bits per heavy atom. The van der Waals surface area contributed by atoms with Gasteiger partial charge < -0.3 is 0 Å². The van der Waals surface area contributed by atoms with Crippen molar-refractivity contribution in [3.63, 3.8) is 0 Å². The molecule has 0 spiro atoms. The highest BCUT2D eigenvalue weighted by Gasteiger charge is 2.29. The number of rotatable bonds is 4. The van der Waals surface area contributed by atoms with Gasteiger partial charge in [0.15, 0.2) is 0 Å². The summed E-state index contributed by atoms with van der Waals surface area (Å²) in [5.41, 5.74) is 4.22. The molecule has 0 amide bonds. The molecule has 5 nitrogen and oxygen atoms in total. The van der Waals surface area contributed by atoms with Crippen LogP contribution in [0.5, 0.6) is 0 Å². The minimum Gasteiger partial charge on any atom is -0.291 e. The van der Waals surface area contributed by atoms with Crippen LogP contribution in [0.4, 0.5) is 0 Å². The number of benzene rings is 2. The molecule has 2 aromatic heterocycles. The number of aromatic nitrogens is 3. The van der Waals surface area contributed by atoms with Crippen LogP contribution in [0.1, 0.15) is 35.7 Å². The monoisotopic (exact) mass is 378 g/mol. The first-order valence-corrected chi connectivity index (χ1v) is 9.67. The molecule has 1 aliphatic carbocycles. The first kappa shape index (κ1) is 17.3. The molecule has 140 valence electrons. The maximum atomic E-state index is 13.4. The van der Waals surface area contributed by atoms with Crippen LogP contribution in [0, 0.1) is 11.3 Å². The Balaban J connectivity index is 1.65. The minimum absolute atomic E-state index is 0.0174. The van der Waals surface area contributed by atoms with Crippen molar-refractivity contribution >= 4 is 10.9 Å². The lowest BCUT2D eigenvalue weighted by Crippen LogP contribution is -2.25. The van der Waals surface area contributed by atoms with Crippen LogP contribution in [0.25, 0.3) is 22.0 Å². The van der Waals surface area contributed by atoms with Crippen molar-refractivity contribution in [2.45, 2.75) is 25.3 Å². The summed E-state index contributed by atoms with van der Waals surface area (Å²) in [6.07, 6.45) is 5.68. The normalized spacial score (nSPS) is 13.3. The van der Waals surface area contributed by atoms with E-state index in [2.05, 4.69) is 11.1 Å². The lowest BCUT2D eigenvalue weighted by Gasteiger charge is -2.14. The molecular formula is C24H18N4O. The van der Waals surface area contributed by atoms with Gasteiger partial charge in [-0.2, -0.15) is 5.26 Å². The maximum Gasteiger partial charge on any atom is 0.261 e. The van der Waals surface area contributed by atoms with Gasteiger partial charge in [-0.3, -0.25) is 14.3 Å². The summed E-state index contributed by atoms with van der Waals surface area (Å²) in [6, 6.07) is 19.2. The number of hydrogen-bond donors (Lipinski definition) is 0. The summed E-state index contributed by atoms with van der Waals surface area (Å²) in [6.45, 7) is 0.475. The lowest BCUT2D eigenvalue weighted by molar-refractivity contribution is 0.679. The van der Waals surface area contributed by atoms with E-state index in [-0.39, 0.29) is 5.56 Å². The van der Waals surface area contributed by atoms with Gasteiger partial charge in [0.1, 0.15) is 5.82 Å². The standard InChI is InChI=1S/C24H18N4O/c25-13-16-3-5-18(6-4-16)20-9-10-22-21(12-20)24(29)28(23(27-22)19-7-8-19)15-17-2-1-11-26-14-17/h1-6,9-12,14,19H,7-8,15H2. The summed E-state index contributed by atoms with van der Waals surface area (Å²) >= 11 is 0. The number of nitrogens with zero attached hydrogens (tertiary/aromatic N) is 4. The zero-order valence-corrected chi connectivity index (χ0v) is 15.7. The molecule has 0 unspecified atom stereocenters. The van der Waals surface area contributed by atoms with Crippen molar-refractivity contribution in [1.82, 2.24) is 14.5 Å². The maximum absolute atomic E-state index is 13.4. The van der Waals surface area contributed by atoms with Gasteiger partial charge in [-0.05, 0) is 59.9 Å².